The molecule has 5 nitrogen and oxygen atoms in total. The van der Waals surface area contributed by atoms with Gasteiger partial charge in [0.15, 0.2) is 11.5 Å². The number of ketones is 1. The van der Waals surface area contributed by atoms with Crippen LogP contribution in [0, 0.1) is 6.92 Å². The summed E-state index contributed by atoms with van der Waals surface area (Å²) < 4.78 is 15.6. The van der Waals surface area contributed by atoms with Crippen LogP contribution in [0.5, 0.6) is 11.5 Å². The van der Waals surface area contributed by atoms with Crippen LogP contribution in [0.15, 0.2) is 10.5 Å². The van der Waals surface area contributed by atoms with E-state index in [1.807, 2.05) is 0 Å². The maximum atomic E-state index is 12.0. The Balaban J connectivity index is 2.45. The Kier molecular flexibility index (Phi) is 3.56. The molecule has 96 valence electrons. The molecule has 1 aliphatic heterocycles. The maximum absolute atomic E-state index is 12.0. The third-order valence-electron chi connectivity index (χ3n) is 2.49. The van der Waals surface area contributed by atoms with Crippen LogP contribution in [0.2, 0.25) is 0 Å². The zero-order chi connectivity index (χ0) is 13.3. The highest BCUT2D eigenvalue weighted by molar-refractivity contribution is 9.10. The predicted molar refractivity (Wildman–Crippen MR) is 66.0 cm³/mol. The molecule has 0 fully saturated rings. The van der Waals surface area contributed by atoms with E-state index in [1.165, 1.54) is 0 Å². The number of hydrogen-bond acceptors (Lipinski definition) is 5. The summed E-state index contributed by atoms with van der Waals surface area (Å²) in [6.45, 7) is 3.63. The zero-order valence-electron chi connectivity index (χ0n) is 9.91. The summed E-state index contributed by atoms with van der Waals surface area (Å²) in [7, 11) is 0. The minimum absolute atomic E-state index is 0.102. The van der Waals surface area contributed by atoms with E-state index in [0.717, 1.165) is 0 Å². The first-order chi connectivity index (χ1) is 8.56. The van der Waals surface area contributed by atoms with E-state index in [-0.39, 0.29) is 19.0 Å². The maximum Gasteiger partial charge on any atom is 0.379 e. The topological polar surface area (TPSA) is 61.8 Å². The number of hydrogen-bond donors (Lipinski definition) is 0. The zero-order valence-corrected chi connectivity index (χ0v) is 11.5. The van der Waals surface area contributed by atoms with Gasteiger partial charge in [0.05, 0.1) is 16.6 Å². The quantitative estimate of drug-likeness (QED) is 0.486. The Bertz CT molecular complexity index is 524. The molecule has 18 heavy (non-hydrogen) atoms. The minimum atomic E-state index is -0.875. The first-order valence-electron chi connectivity index (χ1n) is 5.36. The van der Waals surface area contributed by atoms with Crippen LogP contribution < -0.4 is 9.47 Å². The third kappa shape index (κ3) is 2.08. The molecule has 0 atom stereocenters. The molecule has 0 aromatic heterocycles. The third-order valence-corrected chi connectivity index (χ3v) is 3.25. The molecule has 0 saturated carbocycles. The number of rotatable bonds is 3. The fraction of sp³-hybridized carbons (Fsp3) is 0.333. The molecule has 0 unspecified atom stereocenters. The monoisotopic (exact) mass is 314 g/mol. The van der Waals surface area contributed by atoms with E-state index in [9.17, 15) is 9.59 Å². The summed E-state index contributed by atoms with van der Waals surface area (Å²) in [5.41, 5.74) is 0.877. The molecule has 0 spiro atoms. The minimum Gasteiger partial charge on any atom is -0.460 e. The van der Waals surface area contributed by atoms with Gasteiger partial charge in [-0.15, -0.1) is 0 Å². The van der Waals surface area contributed by atoms with Crippen molar-refractivity contribution in [1.29, 1.82) is 0 Å². The molecule has 0 bridgehead atoms. The average Bonchev–Trinajstić information content (AvgIpc) is 2.77. The van der Waals surface area contributed by atoms with Crippen molar-refractivity contribution in [3.63, 3.8) is 0 Å². The number of halogens is 1. The van der Waals surface area contributed by atoms with Crippen molar-refractivity contribution in [3.05, 3.63) is 21.7 Å². The van der Waals surface area contributed by atoms with Crippen molar-refractivity contribution < 1.29 is 23.8 Å². The van der Waals surface area contributed by atoms with Crippen LogP contribution >= 0.6 is 15.9 Å². The van der Waals surface area contributed by atoms with Crippen molar-refractivity contribution in [2.75, 3.05) is 13.4 Å². The van der Waals surface area contributed by atoms with Crippen molar-refractivity contribution in [2.24, 2.45) is 0 Å². The number of carbonyl (C=O) groups excluding carboxylic acids is 2. The lowest BCUT2D eigenvalue weighted by Crippen LogP contribution is -2.19. The van der Waals surface area contributed by atoms with Gasteiger partial charge in [0.2, 0.25) is 6.79 Å². The number of ether oxygens (including phenoxy) is 3. The Hall–Kier alpha value is -1.56. The Labute approximate surface area is 112 Å². The number of benzene rings is 1. The molecule has 0 aliphatic carbocycles. The second-order valence-electron chi connectivity index (χ2n) is 3.67. The number of esters is 1. The second kappa shape index (κ2) is 4.97. The molecular formula is C12H11BrO5. The molecule has 0 amide bonds. The van der Waals surface area contributed by atoms with Gasteiger partial charge in [-0.25, -0.2) is 4.79 Å². The smallest absolute Gasteiger partial charge is 0.379 e. The van der Waals surface area contributed by atoms with E-state index < -0.39 is 11.8 Å². The molecule has 1 aromatic rings. The molecule has 1 heterocycles. The van der Waals surface area contributed by atoms with Gasteiger partial charge in [-0.2, -0.15) is 0 Å². The van der Waals surface area contributed by atoms with Crippen LogP contribution in [0.3, 0.4) is 0 Å². The van der Waals surface area contributed by atoms with E-state index in [1.54, 1.807) is 19.9 Å². The summed E-state index contributed by atoms with van der Waals surface area (Å²) >= 11 is 3.27. The van der Waals surface area contributed by atoms with Gasteiger partial charge in [0.25, 0.3) is 5.78 Å². The first kappa shape index (κ1) is 12.9. The predicted octanol–water partition coefficient (Wildman–Crippen LogP) is 2.23. The highest BCUT2D eigenvalue weighted by Crippen LogP contribution is 2.42. The van der Waals surface area contributed by atoms with Crippen LogP contribution in [0.4, 0.5) is 0 Å². The Morgan fingerprint density at radius 3 is 2.83 bits per heavy atom. The van der Waals surface area contributed by atoms with Gasteiger partial charge in [-0.1, -0.05) is 0 Å². The van der Waals surface area contributed by atoms with E-state index in [2.05, 4.69) is 15.9 Å². The SMILES string of the molecule is CCOC(=O)C(=O)c1c(C)cc2c(c1Br)OCO2. The molecule has 1 aliphatic rings. The normalized spacial score (nSPS) is 12.4. The fourth-order valence-corrected chi connectivity index (χ4v) is 2.50. The van der Waals surface area contributed by atoms with E-state index in [4.69, 9.17) is 14.2 Å². The summed E-state index contributed by atoms with van der Waals surface area (Å²) in [6, 6.07) is 1.67. The fourth-order valence-electron chi connectivity index (χ4n) is 1.70. The molecular weight excluding hydrogens is 304 g/mol. The first-order valence-corrected chi connectivity index (χ1v) is 6.15. The molecule has 0 saturated heterocycles. The van der Waals surface area contributed by atoms with Crippen molar-refractivity contribution in [2.45, 2.75) is 13.8 Å². The lowest BCUT2D eigenvalue weighted by atomic mass is 10.0. The van der Waals surface area contributed by atoms with Crippen LogP contribution in [-0.4, -0.2) is 25.2 Å². The largest absolute Gasteiger partial charge is 0.460 e. The highest BCUT2D eigenvalue weighted by Gasteiger charge is 2.28. The van der Waals surface area contributed by atoms with Gasteiger partial charge in [-0.3, -0.25) is 4.79 Å². The summed E-state index contributed by atoms with van der Waals surface area (Å²) in [6.07, 6.45) is 0. The Morgan fingerprint density at radius 1 is 1.44 bits per heavy atom. The lowest BCUT2D eigenvalue weighted by molar-refractivity contribution is -0.137. The van der Waals surface area contributed by atoms with Crippen molar-refractivity contribution >= 4 is 27.7 Å². The van der Waals surface area contributed by atoms with Crippen LogP contribution in [-0.2, 0) is 9.53 Å². The van der Waals surface area contributed by atoms with E-state index in [0.29, 0.717) is 21.5 Å². The average molecular weight is 315 g/mol. The number of Topliss-reactive ketones (excluding diaryl/α,β-unsaturated/α-hetero) is 1. The van der Waals surface area contributed by atoms with E-state index >= 15 is 0 Å². The van der Waals surface area contributed by atoms with Gasteiger partial charge < -0.3 is 14.2 Å². The van der Waals surface area contributed by atoms with Crippen LogP contribution in [0.1, 0.15) is 22.8 Å². The number of carbonyl (C=O) groups is 2. The molecule has 2 rings (SSSR count). The highest BCUT2D eigenvalue weighted by atomic mass is 79.9. The van der Waals surface area contributed by atoms with Gasteiger partial charge in [0.1, 0.15) is 0 Å². The summed E-state index contributed by atoms with van der Waals surface area (Å²) in [5, 5.41) is 0. The number of aryl methyl sites for hydroxylation is 1. The molecule has 6 heteroatoms. The summed E-state index contributed by atoms with van der Waals surface area (Å²) in [5.74, 6) is -0.576. The molecule has 0 radical (unpaired) electrons. The number of fused-ring (bicyclic) bond motifs is 1. The van der Waals surface area contributed by atoms with Gasteiger partial charge >= 0.3 is 5.97 Å². The van der Waals surface area contributed by atoms with Gasteiger partial charge in [0, 0.05) is 0 Å². The summed E-state index contributed by atoms with van der Waals surface area (Å²) in [4.78, 5) is 23.5. The van der Waals surface area contributed by atoms with Crippen molar-refractivity contribution in [3.8, 4) is 11.5 Å². The van der Waals surface area contributed by atoms with Crippen LogP contribution in [0.25, 0.3) is 0 Å². The van der Waals surface area contributed by atoms with Gasteiger partial charge in [-0.05, 0) is 41.4 Å². The lowest BCUT2D eigenvalue weighted by Gasteiger charge is -2.09. The standard InChI is InChI=1S/C12H11BrO5/c1-3-16-12(15)10(14)8-6(2)4-7-11(9(8)13)18-5-17-7/h4H,3,5H2,1-2H3. The second-order valence-corrected chi connectivity index (χ2v) is 4.46. The molecule has 1 aromatic carbocycles. The van der Waals surface area contributed by atoms with Crippen molar-refractivity contribution in [1.82, 2.24) is 0 Å². The Morgan fingerprint density at radius 2 is 2.17 bits per heavy atom. The molecule has 0 N–H and O–H groups in total.